The topological polar surface area (TPSA) is 38.7 Å². The van der Waals surface area contributed by atoms with Crippen LogP contribution in [0.3, 0.4) is 0 Å². The van der Waals surface area contributed by atoms with E-state index in [2.05, 4.69) is 0 Å². The van der Waals surface area contributed by atoms with Gasteiger partial charge in [-0.3, -0.25) is 0 Å². The first-order chi connectivity index (χ1) is 7.54. The van der Waals surface area contributed by atoms with E-state index < -0.39 is 6.10 Å². The predicted molar refractivity (Wildman–Crippen MR) is 64.1 cm³/mol. The van der Waals surface area contributed by atoms with Gasteiger partial charge in [-0.25, -0.2) is 0 Å². The van der Waals surface area contributed by atoms with Crippen LogP contribution in [0.5, 0.6) is 5.75 Å². The lowest BCUT2D eigenvalue weighted by atomic mass is 10.1. The molecule has 0 bridgehead atoms. The van der Waals surface area contributed by atoms with Gasteiger partial charge in [0.15, 0.2) is 0 Å². The highest BCUT2D eigenvalue weighted by atomic mass is 35.5. The van der Waals surface area contributed by atoms with Crippen molar-refractivity contribution in [3.63, 3.8) is 0 Å². The number of rotatable bonds is 5. The van der Waals surface area contributed by atoms with Crippen LogP contribution in [0.25, 0.3) is 0 Å². The van der Waals surface area contributed by atoms with Crippen molar-refractivity contribution in [1.82, 2.24) is 0 Å². The molecular formula is C12H17ClO3. The molecule has 1 aromatic carbocycles. The average Bonchev–Trinajstić information content (AvgIpc) is 2.26. The fourth-order valence-electron chi connectivity index (χ4n) is 1.17. The van der Waals surface area contributed by atoms with Crippen LogP contribution in [-0.4, -0.2) is 24.9 Å². The van der Waals surface area contributed by atoms with Gasteiger partial charge in [0.2, 0.25) is 0 Å². The van der Waals surface area contributed by atoms with Crippen LogP contribution >= 0.6 is 11.6 Å². The fourth-order valence-corrected chi connectivity index (χ4v) is 1.41. The molecule has 0 saturated carbocycles. The predicted octanol–water partition coefficient (Wildman–Crippen LogP) is 2.81. The van der Waals surface area contributed by atoms with E-state index in [1.165, 1.54) is 0 Å². The molecule has 0 aliphatic heterocycles. The van der Waals surface area contributed by atoms with Crippen LogP contribution in [0.4, 0.5) is 0 Å². The fraction of sp³-hybridized carbons (Fsp3) is 0.500. The molecule has 0 aliphatic rings. The molecule has 1 rings (SSSR count). The van der Waals surface area contributed by atoms with Crippen LogP contribution in [0.2, 0.25) is 5.02 Å². The first-order valence-corrected chi connectivity index (χ1v) is 5.55. The van der Waals surface area contributed by atoms with Gasteiger partial charge in [-0.05, 0) is 31.5 Å². The number of hydrogen-bond acceptors (Lipinski definition) is 3. The lowest BCUT2D eigenvalue weighted by Crippen LogP contribution is -2.16. The van der Waals surface area contributed by atoms with E-state index in [0.717, 1.165) is 5.56 Å². The summed E-state index contributed by atoms with van der Waals surface area (Å²) in [5.41, 5.74) is 0.775. The molecule has 4 heteroatoms. The average molecular weight is 245 g/mol. The lowest BCUT2D eigenvalue weighted by Gasteiger charge is -2.13. The zero-order chi connectivity index (χ0) is 12.1. The van der Waals surface area contributed by atoms with E-state index in [9.17, 15) is 5.11 Å². The molecule has 0 heterocycles. The van der Waals surface area contributed by atoms with Crippen LogP contribution < -0.4 is 4.74 Å². The van der Waals surface area contributed by atoms with Gasteiger partial charge in [0.1, 0.15) is 12.4 Å². The van der Waals surface area contributed by atoms with Gasteiger partial charge in [-0.15, -0.1) is 0 Å². The van der Waals surface area contributed by atoms with E-state index in [4.69, 9.17) is 21.1 Å². The quantitative estimate of drug-likeness (QED) is 0.866. The molecule has 1 aromatic rings. The van der Waals surface area contributed by atoms with Gasteiger partial charge in [0.05, 0.1) is 17.2 Å². The second kappa shape index (κ2) is 6.09. The highest BCUT2D eigenvalue weighted by Gasteiger charge is 2.08. The van der Waals surface area contributed by atoms with Gasteiger partial charge in [-0.1, -0.05) is 17.7 Å². The van der Waals surface area contributed by atoms with Gasteiger partial charge >= 0.3 is 0 Å². The van der Waals surface area contributed by atoms with Crippen LogP contribution in [-0.2, 0) is 4.74 Å². The molecule has 0 radical (unpaired) electrons. The summed E-state index contributed by atoms with van der Waals surface area (Å²) in [5, 5.41) is 9.88. The number of halogens is 1. The molecule has 2 atom stereocenters. The van der Waals surface area contributed by atoms with Gasteiger partial charge < -0.3 is 14.6 Å². The Kier molecular flexibility index (Phi) is 5.06. The summed E-state index contributed by atoms with van der Waals surface area (Å²) in [5.74, 6) is 0.606. The molecule has 16 heavy (non-hydrogen) atoms. The number of benzene rings is 1. The molecule has 0 amide bonds. The Morgan fingerprint density at radius 2 is 2.06 bits per heavy atom. The van der Waals surface area contributed by atoms with Crippen LogP contribution in [0, 0.1) is 0 Å². The van der Waals surface area contributed by atoms with Gasteiger partial charge in [-0.2, -0.15) is 0 Å². The van der Waals surface area contributed by atoms with Crippen molar-refractivity contribution in [2.75, 3.05) is 13.7 Å². The highest BCUT2D eigenvalue weighted by molar-refractivity contribution is 6.32. The zero-order valence-electron chi connectivity index (χ0n) is 9.74. The summed E-state index contributed by atoms with van der Waals surface area (Å²) >= 11 is 6.02. The molecule has 0 spiro atoms. The van der Waals surface area contributed by atoms with Crippen molar-refractivity contribution >= 4 is 11.6 Å². The van der Waals surface area contributed by atoms with Crippen molar-refractivity contribution in [3.8, 4) is 5.75 Å². The Morgan fingerprint density at radius 3 is 2.56 bits per heavy atom. The molecule has 2 unspecified atom stereocenters. The Bertz CT molecular complexity index is 339. The summed E-state index contributed by atoms with van der Waals surface area (Å²) in [6, 6.07) is 5.26. The number of ether oxygens (including phenoxy) is 2. The third kappa shape index (κ3) is 3.67. The summed E-state index contributed by atoms with van der Waals surface area (Å²) in [6.07, 6.45) is -0.503. The Labute approximate surface area is 101 Å². The van der Waals surface area contributed by atoms with Crippen LogP contribution in [0.1, 0.15) is 25.5 Å². The minimum Gasteiger partial charge on any atom is -0.489 e. The Balaban J connectivity index is 2.68. The number of methoxy groups -OCH3 is 1. The molecular weight excluding hydrogens is 228 g/mol. The first-order valence-electron chi connectivity index (χ1n) is 5.17. The molecule has 0 aromatic heterocycles. The third-order valence-electron chi connectivity index (χ3n) is 2.31. The Morgan fingerprint density at radius 1 is 1.38 bits per heavy atom. The Hall–Kier alpha value is -0.770. The van der Waals surface area contributed by atoms with Crippen molar-refractivity contribution in [2.45, 2.75) is 26.1 Å². The summed E-state index contributed by atoms with van der Waals surface area (Å²) in [6.45, 7) is 4.06. The van der Waals surface area contributed by atoms with Gasteiger partial charge in [0, 0.05) is 7.11 Å². The normalized spacial score (nSPS) is 14.6. The van der Waals surface area contributed by atoms with E-state index >= 15 is 0 Å². The number of hydrogen-bond donors (Lipinski definition) is 1. The van der Waals surface area contributed by atoms with Crippen molar-refractivity contribution in [2.24, 2.45) is 0 Å². The molecule has 0 saturated heterocycles. The summed E-state index contributed by atoms with van der Waals surface area (Å²) < 4.78 is 10.6. The van der Waals surface area contributed by atoms with E-state index in [0.29, 0.717) is 17.4 Å². The van der Waals surface area contributed by atoms with E-state index in [1.807, 2.05) is 6.92 Å². The zero-order valence-corrected chi connectivity index (χ0v) is 10.5. The van der Waals surface area contributed by atoms with E-state index in [1.54, 1.807) is 32.2 Å². The summed E-state index contributed by atoms with van der Waals surface area (Å²) in [7, 11) is 1.63. The maximum atomic E-state index is 9.38. The standard InChI is InChI=1S/C12H17ClO3/c1-8(15-3)7-16-12-5-4-10(9(2)14)6-11(12)13/h4-6,8-9,14H,7H2,1-3H3. The second-order valence-electron chi connectivity index (χ2n) is 3.72. The van der Waals surface area contributed by atoms with Gasteiger partial charge in [0.25, 0.3) is 0 Å². The second-order valence-corrected chi connectivity index (χ2v) is 4.13. The van der Waals surface area contributed by atoms with E-state index in [-0.39, 0.29) is 6.10 Å². The lowest BCUT2D eigenvalue weighted by molar-refractivity contribution is 0.0717. The van der Waals surface area contributed by atoms with Crippen LogP contribution in [0.15, 0.2) is 18.2 Å². The minimum absolute atomic E-state index is 0.0208. The maximum Gasteiger partial charge on any atom is 0.138 e. The molecule has 3 nitrogen and oxygen atoms in total. The van der Waals surface area contributed by atoms with Crippen molar-refractivity contribution in [1.29, 1.82) is 0 Å². The largest absolute Gasteiger partial charge is 0.489 e. The minimum atomic E-state index is -0.524. The smallest absolute Gasteiger partial charge is 0.138 e. The summed E-state index contributed by atoms with van der Waals surface area (Å²) in [4.78, 5) is 0. The SMILES string of the molecule is COC(C)COc1ccc(C(C)O)cc1Cl. The first kappa shape index (κ1) is 13.3. The maximum absolute atomic E-state index is 9.38. The van der Waals surface area contributed by atoms with Crippen molar-refractivity contribution < 1.29 is 14.6 Å². The molecule has 0 aliphatic carbocycles. The molecule has 0 fully saturated rings. The van der Waals surface area contributed by atoms with Crippen molar-refractivity contribution in [3.05, 3.63) is 28.8 Å². The number of aliphatic hydroxyl groups is 1. The third-order valence-corrected chi connectivity index (χ3v) is 2.61. The number of aliphatic hydroxyl groups excluding tert-OH is 1. The monoisotopic (exact) mass is 244 g/mol. The molecule has 1 N–H and O–H groups in total. The highest BCUT2D eigenvalue weighted by Crippen LogP contribution is 2.27. The molecule has 90 valence electrons.